The fraction of sp³-hybridized carbons (Fsp3) is 1.00. The molecule has 2 aliphatic rings. The Morgan fingerprint density at radius 2 is 1.43 bits per heavy atom. The second-order valence-electron chi connectivity index (χ2n) is 2.85. The zero-order chi connectivity index (χ0) is 5.07. The average Bonchev–Trinajstić information content (AvgIpc) is 2.28. The predicted octanol–water partition coefficient (Wildman–Crippen LogP) is -0.565. The van der Waals surface area contributed by atoms with Crippen LogP contribution in [0.4, 0.5) is 0 Å². The molecule has 2 heteroatoms. The summed E-state index contributed by atoms with van der Waals surface area (Å²) < 4.78 is 0. The molecule has 2 atom stereocenters. The second-order valence-corrected chi connectivity index (χ2v) is 2.85. The Kier molecular flexibility index (Phi) is 0.408. The van der Waals surface area contributed by atoms with Gasteiger partial charge >= 0.3 is 0 Å². The van der Waals surface area contributed by atoms with Crippen LogP contribution in [0, 0.1) is 5.41 Å². The lowest BCUT2D eigenvalue weighted by molar-refractivity contribution is 0.774. The van der Waals surface area contributed by atoms with Crippen LogP contribution in [0.2, 0.25) is 0 Å². The Morgan fingerprint density at radius 3 is 1.43 bits per heavy atom. The Labute approximate surface area is 42.9 Å². The van der Waals surface area contributed by atoms with E-state index in [1.165, 1.54) is 12.8 Å². The first-order valence-corrected chi connectivity index (χ1v) is 2.77. The van der Waals surface area contributed by atoms with Crippen molar-refractivity contribution in [2.75, 3.05) is 0 Å². The molecule has 0 bridgehead atoms. The van der Waals surface area contributed by atoms with Gasteiger partial charge in [0.15, 0.2) is 0 Å². The van der Waals surface area contributed by atoms with Gasteiger partial charge in [0.2, 0.25) is 0 Å². The van der Waals surface area contributed by atoms with Gasteiger partial charge in [-0.1, -0.05) is 0 Å². The normalized spacial score (nSPS) is 66.0. The highest BCUT2D eigenvalue weighted by molar-refractivity contribution is 5.24. The predicted molar refractivity (Wildman–Crippen MR) is 27.6 cm³/mol. The zero-order valence-corrected chi connectivity index (χ0v) is 4.22. The molecule has 4 N–H and O–H groups in total. The van der Waals surface area contributed by atoms with E-state index in [1.54, 1.807) is 0 Å². The van der Waals surface area contributed by atoms with Crippen LogP contribution in [-0.2, 0) is 0 Å². The summed E-state index contributed by atoms with van der Waals surface area (Å²) in [6, 6.07) is 0.921. The van der Waals surface area contributed by atoms with Gasteiger partial charge in [0.05, 0.1) is 0 Å². The number of nitrogens with two attached hydrogens (primary N) is 2. The molecule has 2 unspecified atom stereocenters. The highest BCUT2D eigenvalue weighted by Crippen LogP contribution is 2.63. The van der Waals surface area contributed by atoms with Crippen molar-refractivity contribution in [1.82, 2.24) is 0 Å². The van der Waals surface area contributed by atoms with Crippen LogP contribution in [0.5, 0.6) is 0 Å². The summed E-state index contributed by atoms with van der Waals surface area (Å²) in [6.07, 6.45) is 2.38. The molecule has 7 heavy (non-hydrogen) atoms. The monoisotopic (exact) mass is 98.1 g/mol. The molecule has 2 nitrogen and oxygen atoms in total. The van der Waals surface area contributed by atoms with Crippen molar-refractivity contribution in [3.05, 3.63) is 0 Å². The summed E-state index contributed by atoms with van der Waals surface area (Å²) in [5.74, 6) is 0. The van der Waals surface area contributed by atoms with Crippen LogP contribution in [-0.4, -0.2) is 12.1 Å². The molecule has 2 rings (SSSR count). The molecular weight excluding hydrogens is 88.1 g/mol. The smallest absolute Gasteiger partial charge is 0.0118 e. The minimum Gasteiger partial charge on any atom is -0.327 e. The average molecular weight is 98.1 g/mol. The molecule has 40 valence electrons. The number of hydrogen-bond acceptors (Lipinski definition) is 2. The summed E-state index contributed by atoms with van der Waals surface area (Å²) in [6.45, 7) is 0. The maximum absolute atomic E-state index is 5.57. The highest BCUT2D eigenvalue weighted by Gasteiger charge is 2.67. The molecule has 2 fully saturated rings. The van der Waals surface area contributed by atoms with E-state index in [9.17, 15) is 0 Å². The minimum absolute atomic E-state index is 0.461. The lowest BCUT2D eigenvalue weighted by Crippen LogP contribution is -2.09. The molecule has 1 spiro atoms. The van der Waals surface area contributed by atoms with Crippen LogP contribution in [0.3, 0.4) is 0 Å². The van der Waals surface area contributed by atoms with Gasteiger partial charge in [-0.2, -0.15) is 0 Å². The van der Waals surface area contributed by atoms with Gasteiger partial charge in [-0.25, -0.2) is 0 Å². The van der Waals surface area contributed by atoms with Gasteiger partial charge in [0.25, 0.3) is 0 Å². The van der Waals surface area contributed by atoms with Gasteiger partial charge in [0, 0.05) is 17.5 Å². The van der Waals surface area contributed by atoms with E-state index in [4.69, 9.17) is 11.5 Å². The first-order chi connectivity index (χ1) is 3.26. The van der Waals surface area contributed by atoms with Gasteiger partial charge in [-0.05, 0) is 12.8 Å². The maximum atomic E-state index is 5.57. The van der Waals surface area contributed by atoms with E-state index in [1.807, 2.05) is 0 Å². The molecule has 2 saturated carbocycles. The number of hydrogen-bond donors (Lipinski definition) is 2. The molecule has 0 aromatic heterocycles. The fourth-order valence-electron chi connectivity index (χ4n) is 1.36. The van der Waals surface area contributed by atoms with Crippen LogP contribution in [0.25, 0.3) is 0 Å². The van der Waals surface area contributed by atoms with Gasteiger partial charge < -0.3 is 11.5 Å². The largest absolute Gasteiger partial charge is 0.327 e. The van der Waals surface area contributed by atoms with Crippen molar-refractivity contribution in [3.63, 3.8) is 0 Å². The van der Waals surface area contributed by atoms with Crippen molar-refractivity contribution in [1.29, 1.82) is 0 Å². The van der Waals surface area contributed by atoms with Gasteiger partial charge in [-0.3, -0.25) is 0 Å². The fourth-order valence-corrected chi connectivity index (χ4v) is 1.36. The van der Waals surface area contributed by atoms with Crippen molar-refractivity contribution in [2.45, 2.75) is 24.9 Å². The van der Waals surface area contributed by atoms with E-state index in [2.05, 4.69) is 0 Å². The summed E-state index contributed by atoms with van der Waals surface area (Å²) in [5, 5.41) is 0. The zero-order valence-electron chi connectivity index (χ0n) is 4.22. The number of rotatable bonds is 0. The SMILES string of the molecule is NC1CC12CC2N. The van der Waals surface area contributed by atoms with E-state index in [-0.39, 0.29) is 0 Å². The lowest BCUT2D eigenvalue weighted by atomic mass is 10.4. The van der Waals surface area contributed by atoms with Crippen LogP contribution >= 0.6 is 0 Å². The maximum Gasteiger partial charge on any atom is 0.0118 e. The molecule has 0 saturated heterocycles. The van der Waals surface area contributed by atoms with Crippen LogP contribution in [0.15, 0.2) is 0 Å². The first-order valence-electron chi connectivity index (χ1n) is 2.77. The lowest BCUT2D eigenvalue weighted by Gasteiger charge is -1.80. The third-order valence-electron chi connectivity index (χ3n) is 2.36. The van der Waals surface area contributed by atoms with Gasteiger partial charge in [0.1, 0.15) is 0 Å². The first kappa shape index (κ1) is 3.87. The van der Waals surface area contributed by atoms with E-state index in [0.29, 0.717) is 17.5 Å². The standard InChI is InChI=1S/C5H10N2/c6-3-1-5(3)2-4(5)7/h3-4H,1-2,6-7H2. The summed E-state index contributed by atoms with van der Waals surface area (Å²) >= 11 is 0. The Balaban J connectivity index is 2.11. The minimum atomic E-state index is 0.461. The van der Waals surface area contributed by atoms with E-state index < -0.39 is 0 Å². The summed E-state index contributed by atoms with van der Waals surface area (Å²) in [5.41, 5.74) is 11.6. The quantitative estimate of drug-likeness (QED) is 0.426. The van der Waals surface area contributed by atoms with Crippen LogP contribution in [0.1, 0.15) is 12.8 Å². The molecule has 0 heterocycles. The highest BCUT2D eigenvalue weighted by atomic mass is 15.0. The van der Waals surface area contributed by atoms with Crippen molar-refractivity contribution < 1.29 is 0 Å². The molecule has 0 aliphatic heterocycles. The molecular formula is C5H10N2. The van der Waals surface area contributed by atoms with E-state index in [0.717, 1.165) is 0 Å². The van der Waals surface area contributed by atoms with Crippen molar-refractivity contribution in [2.24, 2.45) is 16.9 Å². The topological polar surface area (TPSA) is 52.0 Å². The molecule has 0 amide bonds. The van der Waals surface area contributed by atoms with Gasteiger partial charge in [-0.15, -0.1) is 0 Å². The third kappa shape index (κ3) is 0.283. The van der Waals surface area contributed by atoms with Crippen molar-refractivity contribution >= 4 is 0 Å². The van der Waals surface area contributed by atoms with E-state index >= 15 is 0 Å². The summed E-state index contributed by atoms with van der Waals surface area (Å²) in [7, 11) is 0. The van der Waals surface area contributed by atoms with Crippen LogP contribution < -0.4 is 11.5 Å². The molecule has 0 radical (unpaired) electrons. The molecule has 2 aliphatic carbocycles. The Hall–Kier alpha value is -0.0800. The third-order valence-corrected chi connectivity index (χ3v) is 2.36. The Bertz CT molecular complexity index is 96.6. The molecule has 0 aromatic rings. The van der Waals surface area contributed by atoms with Crippen molar-refractivity contribution in [3.8, 4) is 0 Å². The Morgan fingerprint density at radius 1 is 1.14 bits per heavy atom. The summed E-state index contributed by atoms with van der Waals surface area (Å²) in [4.78, 5) is 0. The second kappa shape index (κ2) is 0.740. The molecule has 0 aromatic carbocycles.